The molecule has 0 aliphatic carbocycles. The number of aromatic nitrogens is 1. The molecule has 0 bridgehead atoms. The molecule has 120 valence electrons. The van der Waals surface area contributed by atoms with Crippen molar-refractivity contribution in [2.24, 2.45) is 0 Å². The molecule has 1 aromatic heterocycles. The summed E-state index contributed by atoms with van der Waals surface area (Å²) >= 11 is 1.13. The van der Waals surface area contributed by atoms with Crippen molar-refractivity contribution in [3.8, 4) is 0 Å². The van der Waals surface area contributed by atoms with Gasteiger partial charge in [0.15, 0.2) is 5.13 Å². The molecule has 1 unspecified atom stereocenters. The van der Waals surface area contributed by atoms with E-state index in [4.69, 9.17) is 0 Å². The van der Waals surface area contributed by atoms with Crippen LogP contribution in [0, 0.1) is 0 Å². The van der Waals surface area contributed by atoms with Gasteiger partial charge in [-0.15, -0.1) is 11.3 Å². The van der Waals surface area contributed by atoms with E-state index >= 15 is 0 Å². The zero-order valence-electron chi connectivity index (χ0n) is 12.4. The van der Waals surface area contributed by atoms with E-state index < -0.39 is 18.0 Å². The number of carbonyl (C=O) groups is 3. The van der Waals surface area contributed by atoms with Crippen LogP contribution in [0.4, 0.5) is 9.93 Å². The van der Waals surface area contributed by atoms with Crippen molar-refractivity contribution in [3.63, 3.8) is 0 Å². The predicted octanol–water partition coefficient (Wildman–Crippen LogP) is 1.78. The number of anilines is 1. The van der Waals surface area contributed by atoms with Gasteiger partial charge < -0.3 is 15.4 Å². The van der Waals surface area contributed by atoms with E-state index in [1.165, 1.54) is 5.38 Å². The number of nitrogens with one attached hydrogen (secondary N) is 3. The fourth-order valence-corrected chi connectivity index (χ4v) is 2.36. The van der Waals surface area contributed by atoms with Gasteiger partial charge in [-0.05, 0) is 12.5 Å². The minimum absolute atomic E-state index is 0.155. The van der Waals surface area contributed by atoms with Gasteiger partial charge in [0.2, 0.25) is 0 Å². The van der Waals surface area contributed by atoms with Gasteiger partial charge in [0.05, 0.1) is 6.04 Å². The van der Waals surface area contributed by atoms with Crippen LogP contribution in [0.5, 0.6) is 0 Å². The van der Waals surface area contributed by atoms with Crippen molar-refractivity contribution in [1.29, 1.82) is 0 Å². The van der Waals surface area contributed by atoms with Crippen LogP contribution in [-0.2, 0) is 11.3 Å². The van der Waals surface area contributed by atoms with Gasteiger partial charge in [-0.2, -0.15) is 0 Å². The van der Waals surface area contributed by atoms with Crippen LogP contribution in [0.15, 0.2) is 35.7 Å². The Morgan fingerprint density at radius 1 is 1.30 bits per heavy atom. The van der Waals surface area contributed by atoms with Gasteiger partial charge >= 0.3 is 6.03 Å². The fraction of sp³-hybridized carbons (Fsp3) is 0.200. The van der Waals surface area contributed by atoms with Gasteiger partial charge in [-0.3, -0.25) is 10.1 Å². The molecule has 0 saturated carbocycles. The molecule has 0 fully saturated rings. The minimum atomic E-state index is -0.588. The molecular formula is C15H16N4O3S. The van der Waals surface area contributed by atoms with Crippen molar-refractivity contribution in [2.45, 2.75) is 19.5 Å². The van der Waals surface area contributed by atoms with Gasteiger partial charge in [-0.25, -0.2) is 9.78 Å². The minimum Gasteiger partial charge on any atom is -0.341 e. The van der Waals surface area contributed by atoms with Gasteiger partial charge in [-0.1, -0.05) is 30.3 Å². The molecule has 0 spiro atoms. The van der Waals surface area contributed by atoms with Crippen LogP contribution in [0.2, 0.25) is 0 Å². The van der Waals surface area contributed by atoms with E-state index in [9.17, 15) is 14.4 Å². The summed E-state index contributed by atoms with van der Waals surface area (Å²) < 4.78 is 0. The number of thiazole rings is 1. The Hall–Kier alpha value is -2.74. The smallest absolute Gasteiger partial charge is 0.321 e. The molecule has 0 radical (unpaired) electrons. The van der Waals surface area contributed by atoms with Crippen molar-refractivity contribution in [3.05, 3.63) is 47.0 Å². The highest BCUT2D eigenvalue weighted by molar-refractivity contribution is 7.14. The zero-order chi connectivity index (χ0) is 16.7. The number of urea groups is 1. The van der Waals surface area contributed by atoms with Gasteiger partial charge in [0, 0.05) is 11.9 Å². The highest BCUT2D eigenvalue weighted by atomic mass is 32.1. The third-order valence-corrected chi connectivity index (χ3v) is 3.57. The van der Waals surface area contributed by atoms with Crippen LogP contribution < -0.4 is 16.0 Å². The SMILES string of the molecule is CC(C=O)NC(=O)c1csc(NC(=O)NCc2ccccc2)n1. The van der Waals surface area contributed by atoms with Gasteiger partial charge in [0.25, 0.3) is 5.91 Å². The van der Waals surface area contributed by atoms with E-state index in [0.717, 1.165) is 16.9 Å². The first-order chi connectivity index (χ1) is 11.1. The first-order valence-electron chi connectivity index (χ1n) is 6.89. The summed E-state index contributed by atoms with van der Waals surface area (Å²) in [5.41, 5.74) is 1.13. The number of hydrogen-bond acceptors (Lipinski definition) is 5. The van der Waals surface area contributed by atoms with Crippen molar-refractivity contribution < 1.29 is 14.4 Å². The lowest BCUT2D eigenvalue weighted by molar-refractivity contribution is -0.109. The molecule has 8 heteroatoms. The molecule has 1 aromatic carbocycles. The summed E-state index contributed by atoms with van der Waals surface area (Å²) in [6.45, 7) is 1.95. The summed E-state index contributed by atoms with van der Waals surface area (Å²) in [6, 6.07) is 8.49. The van der Waals surface area contributed by atoms with Crippen LogP contribution in [0.3, 0.4) is 0 Å². The van der Waals surface area contributed by atoms with Crippen molar-refractivity contribution in [2.75, 3.05) is 5.32 Å². The number of aldehydes is 1. The number of rotatable bonds is 6. The lowest BCUT2D eigenvalue weighted by Gasteiger charge is -2.05. The number of carbonyl (C=O) groups excluding carboxylic acids is 3. The second kappa shape index (κ2) is 8.04. The Morgan fingerprint density at radius 2 is 2.04 bits per heavy atom. The molecule has 3 N–H and O–H groups in total. The number of benzene rings is 1. The summed E-state index contributed by atoms with van der Waals surface area (Å²) in [5, 5.41) is 9.55. The molecule has 1 atom stereocenters. The Kier molecular flexibility index (Phi) is 5.81. The standard InChI is InChI=1S/C15H16N4O3S/c1-10(8-20)17-13(21)12-9-23-15(18-12)19-14(22)16-7-11-5-3-2-4-6-11/h2-6,8-10H,7H2,1H3,(H,17,21)(H2,16,18,19,22). The number of hydrogen-bond donors (Lipinski definition) is 3. The topological polar surface area (TPSA) is 100 Å². The maximum atomic E-state index is 11.8. The number of nitrogens with zero attached hydrogens (tertiary/aromatic N) is 1. The third kappa shape index (κ3) is 5.19. The average molecular weight is 332 g/mol. The first-order valence-corrected chi connectivity index (χ1v) is 7.77. The summed E-state index contributed by atoms with van der Waals surface area (Å²) in [7, 11) is 0. The number of amides is 3. The summed E-state index contributed by atoms with van der Waals surface area (Å²) in [6.07, 6.45) is 0.625. The quantitative estimate of drug-likeness (QED) is 0.702. The summed E-state index contributed by atoms with van der Waals surface area (Å²) in [5.74, 6) is -0.460. The molecular weight excluding hydrogens is 316 g/mol. The summed E-state index contributed by atoms with van der Waals surface area (Å²) in [4.78, 5) is 38.1. The molecule has 2 aromatic rings. The van der Waals surface area contributed by atoms with Crippen molar-refractivity contribution in [1.82, 2.24) is 15.6 Å². The highest BCUT2D eigenvalue weighted by Gasteiger charge is 2.14. The van der Waals surface area contributed by atoms with E-state index in [0.29, 0.717) is 18.0 Å². The van der Waals surface area contributed by atoms with Gasteiger partial charge in [0.1, 0.15) is 12.0 Å². The Bertz CT molecular complexity index is 687. The predicted molar refractivity (Wildman–Crippen MR) is 87.4 cm³/mol. The van der Waals surface area contributed by atoms with Crippen molar-refractivity contribution >= 4 is 34.7 Å². The fourth-order valence-electron chi connectivity index (χ4n) is 1.67. The Morgan fingerprint density at radius 3 is 2.74 bits per heavy atom. The Labute approximate surface area is 137 Å². The lowest BCUT2D eigenvalue weighted by Crippen LogP contribution is -2.33. The van der Waals surface area contributed by atoms with E-state index in [1.807, 2.05) is 30.3 Å². The largest absolute Gasteiger partial charge is 0.341 e. The second-order valence-electron chi connectivity index (χ2n) is 4.73. The molecule has 0 aliphatic rings. The van der Waals surface area contributed by atoms with E-state index in [1.54, 1.807) is 6.92 Å². The van der Waals surface area contributed by atoms with E-state index in [-0.39, 0.29) is 5.69 Å². The maximum Gasteiger partial charge on any atom is 0.321 e. The second-order valence-corrected chi connectivity index (χ2v) is 5.59. The van der Waals surface area contributed by atoms with Crippen LogP contribution in [0.25, 0.3) is 0 Å². The molecule has 3 amide bonds. The molecule has 2 rings (SSSR count). The maximum absolute atomic E-state index is 11.8. The molecule has 7 nitrogen and oxygen atoms in total. The first kappa shape index (κ1) is 16.6. The molecule has 0 aliphatic heterocycles. The lowest BCUT2D eigenvalue weighted by atomic mass is 10.2. The molecule has 0 saturated heterocycles. The monoisotopic (exact) mass is 332 g/mol. The average Bonchev–Trinajstić information content (AvgIpc) is 3.02. The Balaban J connectivity index is 1.85. The highest BCUT2D eigenvalue weighted by Crippen LogP contribution is 2.15. The van der Waals surface area contributed by atoms with Crippen LogP contribution >= 0.6 is 11.3 Å². The third-order valence-electron chi connectivity index (χ3n) is 2.82. The molecule has 23 heavy (non-hydrogen) atoms. The molecule has 1 heterocycles. The normalized spacial score (nSPS) is 11.3. The van der Waals surface area contributed by atoms with Crippen LogP contribution in [-0.4, -0.2) is 29.3 Å². The zero-order valence-corrected chi connectivity index (χ0v) is 13.2. The van der Waals surface area contributed by atoms with Crippen LogP contribution in [0.1, 0.15) is 23.0 Å². The van der Waals surface area contributed by atoms with E-state index in [2.05, 4.69) is 20.9 Å².